The number of carbonyl (C=O) groups excluding carboxylic acids is 6. The van der Waals surface area contributed by atoms with E-state index in [1.807, 2.05) is 0 Å². The maximum Gasteiger partial charge on any atom is 0.417 e. The zero-order chi connectivity index (χ0) is 44.9. The molecule has 0 aliphatic carbocycles. The highest BCUT2D eigenvalue weighted by Crippen LogP contribution is 2.44. The molecule has 19 heteroatoms. The number of thiocarbonyl (C=S) groups is 1. The summed E-state index contributed by atoms with van der Waals surface area (Å²) in [5, 5.41) is 11.2. The second kappa shape index (κ2) is 14.9. The largest absolute Gasteiger partial charge is 0.487 e. The molecule has 0 bridgehead atoms. The number of carbonyl (C=O) groups is 6. The van der Waals surface area contributed by atoms with Crippen molar-refractivity contribution in [2.75, 3.05) is 42.5 Å². The number of piperidine rings is 2. The van der Waals surface area contributed by atoms with Crippen LogP contribution in [0.4, 0.5) is 28.9 Å². The minimum absolute atomic E-state index is 0.0329. The average molecular weight is 886 g/mol. The Morgan fingerprint density at radius 2 is 1.62 bits per heavy atom. The Labute approximate surface area is 363 Å². The van der Waals surface area contributed by atoms with Crippen molar-refractivity contribution in [1.82, 2.24) is 20.0 Å². The molecule has 3 aromatic rings. The van der Waals surface area contributed by atoms with Crippen LogP contribution in [0.25, 0.3) is 0 Å². The van der Waals surface area contributed by atoms with Crippen LogP contribution in [0, 0.1) is 23.1 Å². The zero-order valence-electron chi connectivity index (χ0n) is 34.0. The minimum atomic E-state index is -4.87. The number of nitrogens with zero attached hydrogens (tertiary/aromatic N) is 6. The van der Waals surface area contributed by atoms with Crippen LogP contribution >= 0.6 is 12.2 Å². The van der Waals surface area contributed by atoms with E-state index in [9.17, 15) is 47.2 Å². The van der Waals surface area contributed by atoms with Gasteiger partial charge in [0.1, 0.15) is 28.7 Å². The number of anilines is 2. The lowest BCUT2D eigenvalue weighted by molar-refractivity contribution is -0.138. The van der Waals surface area contributed by atoms with E-state index in [0.29, 0.717) is 50.7 Å². The van der Waals surface area contributed by atoms with Gasteiger partial charge >= 0.3 is 6.18 Å². The van der Waals surface area contributed by atoms with Gasteiger partial charge in [0.25, 0.3) is 23.6 Å². The van der Waals surface area contributed by atoms with E-state index in [1.165, 1.54) is 43.0 Å². The summed E-state index contributed by atoms with van der Waals surface area (Å²) >= 11 is 5.57. The van der Waals surface area contributed by atoms with E-state index in [2.05, 4.69) is 10.2 Å². The predicted octanol–water partition coefficient (Wildman–Crippen LogP) is 4.97. The number of halogens is 4. The van der Waals surface area contributed by atoms with Gasteiger partial charge in [-0.1, -0.05) is 0 Å². The molecule has 4 saturated heterocycles. The zero-order valence-corrected chi connectivity index (χ0v) is 34.8. The number of hydrogen-bond acceptors (Lipinski definition) is 10. The van der Waals surface area contributed by atoms with Gasteiger partial charge in [-0.2, -0.15) is 18.4 Å². The van der Waals surface area contributed by atoms with Crippen molar-refractivity contribution in [3.8, 4) is 11.8 Å². The fraction of sp³-hybridized carbons (Fsp3) is 0.409. The summed E-state index contributed by atoms with van der Waals surface area (Å²) in [6, 6.07) is 10.4. The highest BCUT2D eigenvalue weighted by Gasteiger charge is 2.52. The van der Waals surface area contributed by atoms with E-state index in [0.717, 1.165) is 47.0 Å². The fourth-order valence-corrected chi connectivity index (χ4v) is 10.2. The van der Waals surface area contributed by atoms with Crippen molar-refractivity contribution < 1.29 is 51.1 Å². The Hall–Kier alpha value is -6.26. The van der Waals surface area contributed by atoms with Crippen molar-refractivity contribution in [2.45, 2.75) is 75.7 Å². The lowest BCUT2D eigenvalue weighted by atomic mass is 9.82. The van der Waals surface area contributed by atoms with Gasteiger partial charge in [0.05, 0.1) is 39.6 Å². The number of fused-ring (bicyclic) bond motifs is 2. The first kappa shape index (κ1) is 42.1. The summed E-state index contributed by atoms with van der Waals surface area (Å²) in [7, 11) is 0. The number of rotatable bonds is 6. The molecule has 326 valence electrons. The van der Waals surface area contributed by atoms with E-state index >= 15 is 4.39 Å². The summed E-state index contributed by atoms with van der Waals surface area (Å²) in [4.78, 5) is 85.0. The molecule has 6 aliphatic heterocycles. The molecule has 1 atom stereocenters. The van der Waals surface area contributed by atoms with Crippen LogP contribution in [0.15, 0.2) is 48.5 Å². The molecule has 4 fully saturated rings. The molecule has 0 saturated carbocycles. The summed E-state index contributed by atoms with van der Waals surface area (Å²) in [5.74, 6) is -3.59. The molecule has 1 unspecified atom stereocenters. The van der Waals surface area contributed by atoms with E-state index in [1.54, 1.807) is 17.0 Å². The molecular formula is C44H39F4N7O7S. The Balaban J connectivity index is 0.796. The lowest BCUT2D eigenvalue weighted by Crippen LogP contribution is -2.56. The Bertz CT molecular complexity index is 2610. The number of hydrogen-bond donors (Lipinski definition) is 1. The second-order valence-corrected chi connectivity index (χ2v) is 17.8. The molecule has 1 spiro atoms. The van der Waals surface area contributed by atoms with Gasteiger partial charge in [-0.15, -0.1) is 0 Å². The third-order valence-corrected chi connectivity index (χ3v) is 13.5. The highest BCUT2D eigenvalue weighted by molar-refractivity contribution is 7.81. The van der Waals surface area contributed by atoms with Crippen molar-refractivity contribution >= 4 is 64.1 Å². The van der Waals surface area contributed by atoms with Crippen LogP contribution in [0.3, 0.4) is 0 Å². The maximum absolute atomic E-state index is 15.7. The number of alkyl halides is 3. The molecule has 14 nitrogen and oxygen atoms in total. The molecule has 6 heterocycles. The van der Waals surface area contributed by atoms with Gasteiger partial charge in [-0.05, 0) is 112 Å². The smallest absolute Gasteiger partial charge is 0.417 e. The highest BCUT2D eigenvalue weighted by atomic mass is 32.1. The van der Waals surface area contributed by atoms with Gasteiger partial charge in [0, 0.05) is 50.7 Å². The van der Waals surface area contributed by atoms with Crippen LogP contribution in [0.1, 0.15) is 93.7 Å². The SMILES string of the molecule is CC1(C)C(=O)N(c2ccc(C#N)c(C(F)(F)F)c2)C(=S)N1c1ccc(C(=O)N2CC(CN3CCC4(CCc5cc6c(cc5O4)C(=O)N(C4CCC(=O)NC4=O)C6=O)CC3)C2)c(F)c1. The van der Waals surface area contributed by atoms with Gasteiger partial charge in [0.2, 0.25) is 11.8 Å². The van der Waals surface area contributed by atoms with Crippen LogP contribution in [-0.4, -0.2) is 105 Å². The normalized spacial score (nSPS) is 22.2. The quantitative estimate of drug-likeness (QED) is 0.202. The van der Waals surface area contributed by atoms with Crippen LogP contribution < -0.4 is 19.9 Å². The Kier molecular flexibility index (Phi) is 9.97. The predicted molar refractivity (Wildman–Crippen MR) is 219 cm³/mol. The molecule has 63 heavy (non-hydrogen) atoms. The van der Waals surface area contributed by atoms with Gasteiger partial charge in [0.15, 0.2) is 5.11 Å². The number of nitriles is 1. The Morgan fingerprint density at radius 3 is 2.27 bits per heavy atom. The third kappa shape index (κ3) is 6.99. The number of ether oxygens (including phenoxy) is 1. The molecule has 0 aromatic heterocycles. The maximum atomic E-state index is 15.7. The molecule has 3 aromatic carbocycles. The second-order valence-electron chi connectivity index (χ2n) is 17.4. The van der Waals surface area contributed by atoms with Crippen LogP contribution in [-0.2, 0) is 27.0 Å². The third-order valence-electron chi connectivity index (χ3n) is 13.1. The number of aryl methyl sites for hydroxylation is 1. The molecule has 0 radical (unpaired) electrons. The number of benzene rings is 3. The van der Waals surface area contributed by atoms with E-state index in [-0.39, 0.29) is 51.9 Å². The van der Waals surface area contributed by atoms with Crippen molar-refractivity contribution in [1.29, 1.82) is 5.26 Å². The first-order valence-electron chi connectivity index (χ1n) is 20.5. The molecule has 6 amide bonds. The summed E-state index contributed by atoms with van der Waals surface area (Å²) in [6.45, 7) is 5.99. The first-order chi connectivity index (χ1) is 29.8. The topological polar surface area (TPSA) is 164 Å². The minimum Gasteiger partial charge on any atom is -0.487 e. The number of amides is 6. The first-order valence-corrected chi connectivity index (χ1v) is 20.9. The van der Waals surface area contributed by atoms with Crippen LogP contribution in [0.5, 0.6) is 5.75 Å². The molecule has 6 aliphatic rings. The summed E-state index contributed by atoms with van der Waals surface area (Å²) in [5.41, 5.74) is -2.79. The summed E-state index contributed by atoms with van der Waals surface area (Å²) in [6.07, 6.45) is -1.97. The molecule has 9 rings (SSSR count). The van der Waals surface area contributed by atoms with Crippen molar-refractivity contribution in [2.24, 2.45) is 5.92 Å². The van der Waals surface area contributed by atoms with Crippen molar-refractivity contribution in [3.63, 3.8) is 0 Å². The Morgan fingerprint density at radius 1 is 0.937 bits per heavy atom. The number of likely N-dealkylation sites (tertiary alicyclic amines) is 2. The van der Waals surface area contributed by atoms with Crippen LogP contribution in [0.2, 0.25) is 0 Å². The summed E-state index contributed by atoms with van der Waals surface area (Å²) < 4.78 is 63.6. The van der Waals surface area contributed by atoms with Gasteiger partial charge in [-0.25, -0.2) is 4.39 Å². The van der Waals surface area contributed by atoms with Gasteiger partial charge < -0.3 is 19.4 Å². The van der Waals surface area contributed by atoms with Gasteiger partial charge in [-0.3, -0.25) is 43.9 Å². The number of nitrogens with one attached hydrogen (secondary N) is 1. The lowest BCUT2D eigenvalue weighted by Gasteiger charge is -2.47. The molecule has 1 N–H and O–H groups in total. The van der Waals surface area contributed by atoms with E-state index in [4.69, 9.17) is 17.0 Å². The average Bonchev–Trinajstić information content (AvgIpc) is 3.56. The fourth-order valence-electron chi connectivity index (χ4n) is 9.64. The monoisotopic (exact) mass is 885 g/mol. The van der Waals surface area contributed by atoms with E-state index < -0.39 is 75.7 Å². The van der Waals surface area contributed by atoms with Crippen molar-refractivity contribution in [3.05, 3.63) is 87.7 Å². The standard InChI is InChI=1S/C44H39F4N7O7S/c1-42(2)40(61)53(26-4-3-25(19-49)31(16-26)44(46,47)48)41(63)55(42)27-5-6-28(32(45)17-27)37(58)52-21-23(22-52)20-51-13-11-43(12-14-51)10-9-24-15-29-30(18-34(24)62-43)39(60)54(38(29)59)33-7-8-35(56)50-36(33)57/h3-6,15-18,23,33H,7-14,20-22H2,1-2H3,(H,50,56,57). The number of imide groups is 2. The molecular weight excluding hydrogens is 847 g/mol.